The summed E-state index contributed by atoms with van der Waals surface area (Å²) in [6.45, 7) is 6.43. The average molecular weight is 346 g/mol. The van der Waals surface area contributed by atoms with Crippen molar-refractivity contribution in [1.82, 2.24) is 0 Å². The molecule has 0 atom stereocenters. The summed E-state index contributed by atoms with van der Waals surface area (Å²) in [5.74, 6) is -0.173. The number of anilines is 1. The second-order valence-electron chi connectivity index (χ2n) is 5.54. The molecule has 0 saturated carbocycles. The van der Waals surface area contributed by atoms with Gasteiger partial charge in [0.1, 0.15) is 10.8 Å². The van der Waals surface area contributed by atoms with Crippen LogP contribution in [-0.2, 0) is 0 Å². The summed E-state index contributed by atoms with van der Waals surface area (Å²) in [6.07, 6.45) is 2.01. The Morgan fingerprint density at radius 1 is 1.29 bits per heavy atom. The highest BCUT2D eigenvalue weighted by molar-refractivity contribution is 7.16. The van der Waals surface area contributed by atoms with Gasteiger partial charge in [0.25, 0.3) is 11.8 Å². The monoisotopic (exact) mass is 346 g/mol. The van der Waals surface area contributed by atoms with Crippen LogP contribution in [0, 0.1) is 13.8 Å². The van der Waals surface area contributed by atoms with E-state index in [1.54, 1.807) is 18.2 Å². The van der Waals surface area contributed by atoms with Crippen molar-refractivity contribution in [2.75, 3.05) is 11.9 Å². The van der Waals surface area contributed by atoms with Gasteiger partial charge in [-0.05, 0) is 44.0 Å². The first kappa shape index (κ1) is 18.0. The fraction of sp³-hybridized carbons (Fsp3) is 0.333. The first-order valence-corrected chi connectivity index (χ1v) is 8.69. The van der Waals surface area contributed by atoms with E-state index in [1.165, 1.54) is 11.3 Å². The zero-order valence-corrected chi connectivity index (χ0v) is 15.0. The molecule has 0 aliphatic rings. The van der Waals surface area contributed by atoms with Crippen molar-refractivity contribution in [2.45, 2.75) is 33.6 Å². The van der Waals surface area contributed by atoms with Gasteiger partial charge in [0.15, 0.2) is 0 Å². The summed E-state index contributed by atoms with van der Waals surface area (Å²) < 4.78 is 5.62. The molecule has 0 fully saturated rings. The van der Waals surface area contributed by atoms with Gasteiger partial charge < -0.3 is 15.8 Å². The van der Waals surface area contributed by atoms with E-state index < -0.39 is 5.91 Å². The SMILES string of the molecule is CCCCOc1cccc(C(=O)Nc2sc(C)c(C)c2C(N)=O)c1. The number of thiophene rings is 1. The van der Waals surface area contributed by atoms with Gasteiger partial charge in [-0.1, -0.05) is 19.4 Å². The third-order valence-electron chi connectivity index (χ3n) is 3.72. The summed E-state index contributed by atoms with van der Waals surface area (Å²) in [5.41, 5.74) is 7.09. The van der Waals surface area contributed by atoms with Crippen LogP contribution in [0.25, 0.3) is 0 Å². The van der Waals surface area contributed by atoms with Crippen molar-refractivity contribution >= 4 is 28.2 Å². The minimum atomic E-state index is -0.538. The minimum Gasteiger partial charge on any atom is -0.494 e. The zero-order valence-electron chi connectivity index (χ0n) is 14.1. The van der Waals surface area contributed by atoms with Gasteiger partial charge in [-0.15, -0.1) is 11.3 Å². The van der Waals surface area contributed by atoms with Crippen LogP contribution in [-0.4, -0.2) is 18.4 Å². The molecule has 128 valence electrons. The second kappa shape index (κ2) is 7.97. The normalized spacial score (nSPS) is 10.5. The van der Waals surface area contributed by atoms with E-state index in [2.05, 4.69) is 12.2 Å². The number of carbonyl (C=O) groups is 2. The number of hydrogen-bond acceptors (Lipinski definition) is 4. The Balaban J connectivity index is 2.17. The molecule has 6 heteroatoms. The standard InChI is InChI=1S/C18H22N2O3S/c1-4-5-9-23-14-8-6-7-13(10-14)17(22)20-18-15(16(19)21)11(2)12(3)24-18/h6-8,10H,4-5,9H2,1-3H3,(H2,19,21)(H,20,22). The largest absolute Gasteiger partial charge is 0.494 e. The molecule has 0 saturated heterocycles. The van der Waals surface area contributed by atoms with E-state index >= 15 is 0 Å². The molecule has 24 heavy (non-hydrogen) atoms. The van der Waals surface area contributed by atoms with Crippen molar-refractivity contribution in [3.8, 4) is 5.75 Å². The molecule has 2 aromatic rings. The molecule has 0 bridgehead atoms. The van der Waals surface area contributed by atoms with Crippen LogP contribution in [0.2, 0.25) is 0 Å². The lowest BCUT2D eigenvalue weighted by atomic mass is 10.1. The van der Waals surface area contributed by atoms with Crippen LogP contribution in [0.5, 0.6) is 5.75 Å². The maximum Gasteiger partial charge on any atom is 0.256 e. The Morgan fingerprint density at radius 3 is 2.71 bits per heavy atom. The predicted octanol–water partition coefficient (Wildman–Crippen LogP) is 3.90. The number of hydrogen-bond donors (Lipinski definition) is 2. The fourth-order valence-electron chi connectivity index (χ4n) is 2.25. The number of nitrogens with one attached hydrogen (secondary N) is 1. The Morgan fingerprint density at radius 2 is 2.04 bits per heavy atom. The van der Waals surface area contributed by atoms with Crippen LogP contribution in [0.1, 0.15) is 50.9 Å². The van der Waals surface area contributed by atoms with Crippen LogP contribution >= 0.6 is 11.3 Å². The van der Waals surface area contributed by atoms with Gasteiger partial charge in [0.2, 0.25) is 0 Å². The van der Waals surface area contributed by atoms with Crippen molar-refractivity contribution < 1.29 is 14.3 Å². The number of rotatable bonds is 7. The predicted molar refractivity (Wildman–Crippen MR) is 97.1 cm³/mol. The lowest BCUT2D eigenvalue weighted by Crippen LogP contribution is -2.17. The summed E-state index contributed by atoms with van der Waals surface area (Å²) in [7, 11) is 0. The average Bonchev–Trinajstić information content (AvgIpc) is 2.82. The molecule has 0 aliphatic carbocycles. The lowest BCUT2D eigenvalue weighted by molar-refractivity contribution is 0.100. The highest BCUT2D eigenvalue weighted by Gasteiger charge is 2.19. The smallest absolute Gasteiger partial charge is 0.256 e. The summed E-state index contributed by atoms with van der Waals surface area (Å²) in [6, 6.07) is 7.00. The van der Waals surface area contributed by atoms with Gasteiger partial charge in [-0.3, -0.25) is 9.59 Å². The van der Waals surface area contributed by atoms with Crippen LogP contribution in [0.15, 0.2) is 24.3 Å². The Bertz CT molecular complexity index is 753. The van der Waals surface area contributed by atoms with E-state index in [4.69, 9.17) is 10.5 Å². The van der Waals surface area contributed by atoms with E-state index in [-0.39, 0.29) is 5.91 Å². The van der Waals surface area contributed by atoms with Crippen molar-refractivity contribution in [2.24, 2.45) is 5.73 Å². The summed E-state index contributed by atoms with van der Waals surface area (Å²) in [4.78, 5) is 25.1. The minimum absolute atomic E-state index is 0.292. The molecule has 3 N–H and O–H groups in total. The van der Waals surface area contributed by atoms with Crippen LogP contribution in [0.4, 0.5) is 5.00 Å². The molecule has 1 heterocycles. The van der Waals surface area contributed by atoms with Crippen LogP contribution < -0.4 is 15.8 Å². The highest BCUT2D eigenvalue weighted by atomic mass is 32.1. The third-order valence-corrected chi connectivity index (χ3v) is 4.84. The van der Waals surface area contributed by atoms with Gasteiger partial charge in [-0.2, -0.15) is 0 Å². The second-order valence-corrected chi connectivity index (χ2v) is 6.76. The number of benzene rings is 1. The fourth-order valence-corrected chi connectivity index (χ4v) is 3.31. The van der Waals surface area contributed by atoms with E-state index in [0.29, 0.717) is 28.5 Å². The number of ether oxygens (including phenoxy) is 1. The molecule has 1 aromatic heterocycles. The van der Waals surface area contributed by atoms with Gasteiger partial charge in [0.05, 0.1) is 12.2 Å². The number of carbonyl (C=O) groups excluding carboxylic acids is 2. The summed E-state index contributed by atoms with van der Waals surface area (Å²) >= 11 is 1.35. The van der Waals surface area contributed by atoms with E-state index in [1.807, 2.05) is 19.9 Å². The van der Waals surface area contributed by atoms with E-state index in [9.17, 15) is 9.59 Å². The number of amides is 2. The number of aryl methyl sites for hydroxylation is 1. The third kappa shape index (κ3) is 4.14. The molecule has 5 nitrogen and oxygen atoms in total. The van der Waals surface area contributed by atoms with Gasteiger partial charge in [0, 0.05) is 10.4 Å². The van der Waals surface area contributed by atoms with Crippen molar-refractivity contribution in [3.63, 3.8) is 0 Å². The first-order chi connectivity index (χ1) is 11.4. The topological polar surface area (TPSA) is 81.4 Å². The molecular formula is C18H22N2O3S. The molecule has 0 spiro atoms. The molecule has 2 rings (SSSR count). The molecular weight excluding hydrogens is 324 g/mol. The van der Waals surface area contributed by atoms with Gasteiger partial charge in [-0.25, -0.2) is 0 Å². The number of nitrogens with two attached hydrogens (primary N) is 1. The first-order valence-electron chi connectivity index (χ1n) is 7.88. The maximum atomic E-state index is 12.5. The van der Waals surface area contributed by atoms with Crippen molar-refractivity contribution in [1.29, 1.82) is 0 Å². The molecule has 0 aliphatic heterocycles. The van der Waals surface area contributed by atoms with Crippen LogP contribution in [0.3, 0.4) is 0 Å². The lowest BCUT2D eigenvalue weighted by Gasteiger charge is -2.08. The number of unbranched alkanes of at least 4 members (excludes halogenated alkanes) is 1. The zero-order chi connectivity index (χ0) is 17.7. The highest BCUT2D eigenvalue weighted by Crippen LogP contribution is 2.32. The number of primary amides is 1. The Hall–Kier alpha value is -2.34. The van der Waals surface area contributed by atoms with Gasteiger partial charge >= 0.3 is 0 Å². The maximum absolute atomic E-state index is 12.5. The molecule has 0 unspecified atom stereocenters. The Kier molecular flexibility index (Phi) is 5.98. The summed E-state index contributed by atoms with van der Waals surface area (Å²) in [5, 5.41) is 3.27. The molecule has 1 aromatic carbocycles. The van der Waals surface area contributed by atoms with E-state index in [0.717, 1.165) is 23.3 Å². The molecule has 0 radical (unpaired) electrons. The Labute approximate surface area is 145 Å². The van der Waals surface area contributed by atoms with Crippen molar-refractivity contribution in [3.05, 3.63) is 45.8 Å². The molecule has 2 amide bonds. The quantitative estimate of drug-likeness (QED) is 0.746.